The molecule has 0 fully saturated rings. The maximum absolute atomic E-state index is 12.1. The van der Waals surface area contributed by atoms with Crippen LogP contribution < -0.4 is 4.74 Å². The third-order valence-electron chi connectivity index (χ3n) is 5.79. The molecule has 0 saturated heterocycles. The highest BCUT2D eigenvalue weighted by Gasteiger charge is 2.08. The molecule has 0 aliphatic rings. The van der Waals surface area contributed by atoms with Crippen LogP contribution in [0.5, 0.6) is 5.75 Å². The first kappa shape index (κ1) is 26.5. The molecular weight excluding hydrogens is 408 g/mol. The zero-order valence-corrected chi connectivity index (χ0v) is 20.7. The summed E-state index contributed by atoms with van der Waals surface area (Å²) < 4.78 is 11.2. The van der Waals surface area contributed by atoms with Crippen LogP contribution in [-0.2, 0) is 4.74 Å². The molecule has 2 aromatic rings. The molecule has 1 unspecified atom stereocenters. The molecule has 0 saturated carbocycles. The fourth-order valence-corrected chi connectivity index (χ4v) is 3.31. The lowest BCUT2D eigenvalue weighted by molar-refractivity contribution is 0.0447. The quantitative estimate of drug-likeness (QED) is 0.168. The Kier molecular flexibility index (Phi) is 12.8. The third-order valence-corrected chi connectivity index (χ3v) is 5.79. The summed E-state index contributed by atoms with van der Waals surface area (Å²) in [5, 5.41) is 0. The molecule has 0 heterocycles. The van der Waals surface area contributed by atoms with E-state index in [9.17, 15) is 4.79 Å². The van der Waals surface area contributed by atoms with Gasteiger partial charge in [-0.1, -0.05) is 84.0 Å². The third kappa shape index (κ3) is 11.1. The molecule has 3 heteroatoms. The van der Waals surface area contributed by atoms with E-state index in [1.165, 1.54) is 44.9 Å². The van der Waals surface area contributed by atoms with E-state index in [2.05, 4.69) is 32.6 Å². The van der Waals surface area contributed by atoms with Gasteiger partial charge in [0, 0.05) is 11.1 Å². The van der Waals surface area contributed by atoms with Gasteiger partial charge in [-0.05, 0) is 60.9 Å². The van der Waals surface area contributed by atoms with Gasteiger partial charge in [-0.25, -0.2) is 4.79 Å². The van der Waals surface area contributed by atoms with E-state index in [-0.39, 0.29) is 5.97 Å². The van der Waals surface area contributed by atoms with Crippen LogP contribution in [0.1, 0.15) is 100 Å². The average Bonchev–Trinajstić information content (AvgIpc) is 2.85. The molecule has 2 aromatic carbocycles. The van der Waals surface area contributed by atoms with Crippen LogP contribution >= 0.6 is 0 Å². The predicted molar refractivity (Wildman–Crippen MR) is 137 cm³/mol. The van der Waals surface area contributed by atoms with Gasteiger partial charge in [-0.3, -0.25) is 0 Å². The second kappa shape index (κ2) is 16.0. The number of carbonyl (C=O) groups is 1. The molecule has 0 amide bonds. The van der Waals surface area contributed by atoms with E-state index in [1.807, 2.05) is 36.4 Å². The van der Waals surface area contributed by atoms with Gasteiger partial charge in [0.25, 0.3) is 0 Å². The summed E-state index contributed by atoms with van der Waals surface area (Å²) in [4.78, 5) is 12.1. The Hall–Kier alpha value is -2.73. The van der Waals surface area contributed by atoms with Gasteiger partial charge in [0.05, 0.1) is 18.8 Å². The average molecular weight is 449 g/mol. The molecule has 0 bridgehead atoms. The summed E-state index contributed by atoms with van der Waals surface area (Å²) in [5.74, 6) is 7.30. The SMILES string of the molecule is CCCCCCCCCCOc1ccc(C#Cc2ccc(C(=O)OCC(C)CC)cc2)cc1. The maximum Gasteiger partial charge on any atom is 0.338 e. The van der Waals surface area contributed by atoms with Crippen molar-refractivity contribution in [1.29, 1.82) is 0 Å². The summed E-state index contributed by atoms with van der Waals surface area (Å²) in [6, 6.07) is 15.2. The van der Waals surface area contributed by atoms with E-state index in [4.69, 9.17) is 9.47 Å². The molecule has 0 radical (unpaired) electrons. The smallest absolute Gasteiger partial charge is 0.338 e. The first-order chi connectivity index (χ1) is 16.1. The molecule has 0 spiro atoms. The maximum atomic E-state index is 12.1. The number of benzene rings is 2. The minimum atomic E-state index is -0.280. The van der Waals surface area contributed by atoms with Gasteiger partial charge in [-0.2, -0.15) is 0 Å². The van der Waals surface area contributed by atoms with E-state index in [1.54, 1.807) is 12.1 Å². The number of carbonyl (C=O) groups excluding carboxylic acids is 1. The molecule has 0 aliphatic carbocycles. The molecule has 3 nitrogen and oxygen atoms in total. The van der Waals surface area contributed by atoms with Crippen LogP contribution in [0.25, 0.3) is 0 Å². The van der Waals surface area contributed by atoms with Crippen molar-refractivity contribution in [3.63, 3.8) is 0 Å². The number of rotatable bonds is 14. The second-order valence-corrected chi connectivity index (χ2v) is 8.79. The van der Waals surface area contributed by atoms with Crippen molar-refractivity contribution in [3.8, 4) is 17.6 Å². The highest BCUT2D eigenvalue weighted by atomic mass is 16.5. The monoisotopic (exact) mass is 448 g/mol. The highest BCUT2D eigenvalue weighted by molar-refractivity contribution is 5.89. The molecule has 33 heavy (non-hydrogen) atoms. The van der Waals surface area contributed by atoms with Crippen molar-refractivity contribution >= 4 is 5.97 Å². The van der Waals surface area contributed by atoms with E-state index in [0.29, 0.717) is 18.1 Å². The fraction of sp³-hybridized carbons (Fsp3) is 0.500. The largest absolute Gasteiger partial charge is 0.494 e. The first-order valence-corrected chi connectivity index (χ1v) is 12.6. The Labute approximate surface area is 200 Å². The molecule has 1 atom stereocenters. The molecule has 0 aromatic heterocycles. The van der Waals surface area contributed by atoms with E-state index < -0.39 is 0 Å². The van der Waals surface area contributed by atoms with Crippen LogP contribution in [0, 0.1) is 17.8 Å². The Morgan fingerprint density at radius 3 is 1.91 bits per heavy atom. The fourth-order valence-electron chi connectivity index (χ4n) is 3.31. The van der Waals surface area contributed by atoms with Crippen molar-refractivity contribution in [2.75, 3.05) is 13.2 Å². The molecule has 178 valence electrons. The minimum Gasteiger partial charge on any atom is -0.494 e. The number of hydrogen-bond acceptors (Lipinski definition) is 3. The van der Waals surface area contributed by atoms with Gasteiger partial charge in [0.1, 0.15) is 5.75 Å². The predicted octanol–water partition coefficient (Wildman–Crippen LogP) is 7.81. The Bertz CT molecular complexity index is 856. The van der Waals surface area contributed by atoms with Gasteiger partial charge >= 0.3 is 5.97 Å². The number of hydrogen-bond donors (Lipinski definition) is 0. The summed E-state index contributed by atoms with van der Waals surface area (Å²) >= 11 is 0. The standard InChI is InChI=1S/C30H40O3/c1-4-6-7-8-9-10-11-12-23-32-29-21-17-27(18-22-29)14-13-26-15-19-28(20-16-26)30(31)33-24-25(3)5-2/h15-22,25H,4-12,23-24H2,1-3H3. The van der Waals surface area contributed by atoms with Crippen molar-refractivity contribution in [3.05, 3.63) is 65.2 Å². The van der Waals surface area contributed by atoms with Crippen LogP contribution in [0.3, 0.4) is 0 Å². The number of ether oxygens (including phenoxy) is 2. The molecular formula is C30H40O3. The summed E-state index contributed by atoms with van der Waals surface area (Å²) in [5.41, 5.74) is 2.36. The summed E-state index contributed by atoms with van der Waals surface area (Å²) in [7, 11) is 0. The van der Waals surface area contributed by atoms with Crippen molar-refractivity contribution in [2.24, 2.45) is 5.92 Å². The lowest BCUT2D eigenvalue weighted by Gasteiger charge is -2.09. The van der Waals surface area contributed by atoms with Crippen LogP contribution in [0.2, 0.25) is 0 Å². The van der Waals surface area contributed by atoms with Crippen LogP contribution in [-0.4, -0.2) is 19.2 Å². The van der Waals surface area contributed by atoms with Gasteiger partial charge in [0.2, 0.25) is 0 Å². The normalized spacial score (nSPS) is 11.4. The van der Waals surface area contributed by atoms with Crippen molar-refractivity contribution in [1.82, 2.24) is 0 Å². The molecule has 0 aliphatic heterocycles. The van der Waals surface area contributed by atoms with E-state index >= 15 is 0 Å². The lowest BCUT2D eigenvalue weighted by Crippen LogP contribution is -2.11. The van der Waals surface area contributed by atoms with Gasteiger partial charge in [-0.15, -0.1) is 0 Å². The Morgan fingerprint density at radius 2 is 1.33 bits per heavy atom. The minimum absolute atomic E-state index is 0.280. The highest BCUT2D eigenvalue weighted by Crippen LogP contribution is 2.14. The zero-order valence-electron chi connectivity index (χ0n) is 20.7. The van der Waals surface area contributed by atoms with E-state index in [0.717, 1.165) is 36.3 Å². The topological polar surface area (TPSA) is 35.5 Å². The van der Waals surface area contributed by atoms with Crippen molar-refractivity contribution in [2.45, 2.75) is 78.6 Å². The zero-order chi connectivity index (χ0) is 23.7. The molecule has 0 N–H and O–H groups in total. The van der Waals surface area contributed by atoms with Gasteiger partial charge in [0.15, 0.2) is 0 Å². The Morgan fingerprint density at radius 1 is 0.788 bits per heavy atom. The second-order valence-electron chi connectivity index (χ2n) is 8.79. The number of unbranched alkanes of at least 4 members (excludes halogenated alkanes) is 7. The van der Waals surface area contributed by atoms with Crippen LogP contribution in [0.15, 0.2) is 48.5 Å². The van der Waals surface area contributed by atoms with Crippen LogP contribution in [0.4, 0.5) is 0 Å². The summed E-state index contributed by atoms with van der Waals surface area (Å²) in [6.07, 6.45) is 11.4. The Balaban J connectivity index is 1.71. The first-order valence-electron chi connectivity index (χ1n) is 12.6. The molecule has 2 rings (SSSR count). The van der Waals surface area contributed by atoms with Crippen molar-refractivity contribution < 1.29 is 14.3 Å². The summed E-state index contributed by atoms with van der Waals surface area (Å²) in [6.45, 7) is 7.64. The number of esters is 1. The van der Waals surface area contributed by atoms with Gasteiger partial charge < -0.3 is 9.47 Å². The lowest BCUT2D eigenvalue weighted by atomic mass is 10.1.